The van der Waals surface area contributed by atoms with E-state index in [1.165, 1.54) is 0 Å². The molecule has 132 valence electrons. The zero-order valence-electron chi connectivity index (χ0n) is 14.7. The molecule has 0 spiro atoms. The van der Waals surface area contributed by atoms with E-state index >= 15 is 0 Å². The quantitative estimate of drug-likeness (QED) is 0.801. The Balaban J connectivity index is 2.42. The van der Waals surface area contributed by atoms with E-state index in [0.29, 0.717) is 30.7 Å². The van der Waals surface area contributed by atoms with E-state index in [-0.39, 0.29) is 5.91 Å². The van der Waals surface area contributed by atoms with Crippen LogP contribution in [0.5, 0.6) is 0 Å². The second kappa shape index (κ2) is 7.95. The Kier molecular flexibility index (Phi) is 6.80. The van der Waals surface area contributed by atoms with Gasteiger partial charge in [-0.3, -0.25) is 9.00 Å². The Morgan fingerprint density at radius 1 is 1.26 bits per heavy atom. The van der Waals surface area contributed by atoms with Gasteiger partial charge in [0.1, 0.15) is 5.60 Å². The topological polar surface area (TPSA) is 84.5 Å². The lowest BCUT2D eigenvalue weighted by Gasteiger charge is -2.28. The third-order valence-electron chi connectivity index (χ3n) is 3.23. The molecule has 2 amide bonds. The summed E-state index contributed by atoms with van der Waals surface area (Å²) in [5, 5.41) is 7.16. The van der Waals surface area contributed by atoms with Gasteiger partial charge in [0, 0.05) is 39.6 Å². The van der Waals surface area contributed by atoms with Crippen LogP contribution in [0.1, 0.15) is 53.9 Å². The van der Waals surface area contributed by atoms with Crippen molar-refractivity contribution in [1.29, 1.82) is 0 Å². The summed E-state index contributed by atoms with van der Waals surface area (Å²) in [6, 6.07) is 0. The van der Waals surface area contributed by atoms with Crippen molar-refractivity contribution < 1.29 is 18.5 Å². The Morgan fingerprint density at radius 3 is 2.48 bits per heavy atom. The summed E-state index contributed by atoms with van der Waals surface area (Å²) in [5.74, 6) is 0.445. The molecule has 0 aliphatic carbocycles. The van der Waals surface area contributed by atoms with Gasteiger partial charge in [0.25, 0.3) is 0 Å². The lowest BCUT2D eigenvalue weighted by Crippen LogP contribution is -2.46. The predicted molar refractivity (Wildman–Crippen MR) is 91.4 cm³/mol. The van der Waals surface area contributed by atoms with Gasteiger partial charge in [-0.15, -0.1) is 0 Å². The number of hydrogen-bond acceptors (Lipinski definition) is 4. The highest BCUT2D eigenvalue weighted by Gasteiger charge is 2.24. The molecule has 6 nitrogen and oxygen atoms in total. The lowest BCUT2D eigenvalue weighted by molar-refractivity contribution is -0.119. The van der Waals surface area contributed by atoms with Gasteiger partial charge in [0.15, 0.2) is 0 Å². The molecule has 2 N–H and O–H groups in total. The zero-order valence-corrected chi connectivity index (χ0v) is 15.5. The standard InChI is InChI=1S/C16H28N2O4S/c1-15(2,3)22-14(20)17-9-8-16(4,5)18-13(19)12-7-6-10-23(21)11-12/h11H,6-10H2,1-5H3,(H,17,20)(H,18,19). The maximum Gasteiger partial charge on any atom is 0.407 e. The van der Waals surface area contributed by atoms with Gasteiger partial charge < -0.3 is 15.4 Å². The highest BCUT2D eigenvalue weighted by molar-refractivity contribution is 7.88. The Hall–Kier alpha value is -1.37. The van der Waals surface area contributed by atoms with Crippen LogP contribution in [0.4, 0.5) is 4.79 Å². The number of carbonyl (C=O) groups excluding carboxylic acids is 2. The number of amides is 2. The number of carbonyl (C=O) groups is 2. The van der Waals surface area contributed by atoms with Crippen molar-refractivity contribution in [2.75, 3.05) is 12.3 Å². The molecule has 0 saturated carbocycles. The van der Waals surface area contributed by atoms with Crippen LogP contribution in [0.3, 0.4) is 0 Å². The first-order valence-electron chi connectivity index (χ1n) is 7.86. The molecule has 1 heterocycles. The Bertz CT molecular complexity index is 507. The largest absolute Gasteiger partial charge is 0.444 e. The normalized spacial score (nSPS) is 18.8. The third-order valence-corrected chi connectivity index (χ3v) is 4.47. The molecule has 0 bridgehead atoms. The minimum absolute atomic E-state index is 0.180. The number of alkyl carbamates (subject to hydrolysis) is 1. The summed E-state index contributed by atoms with van der Waals surface area (Å²) in [5.41, 5.74) is -0.425. The molecule has 1 aliphatic heterocycles. The van der Waals surface area contributed by atoms with E-state index < -0.39 is 28.0 Å². The van der Waals surface area contributed by atoms with Gasteiger partial charge in [-0.1, -0.05) is 0 Å². The number of nitrogens with one attached hydrogen (secondary N) is 2. The van der Waals surface area contributed by atoms with Crippen LogP contribution in [0.25, 0.3) is 0 Å². The molecule has 1 aliphatic rings. The van der Waals surface area contributed by atoms with E-state index in [1.807, 2.05) is 13.8 Å². The second-order valence-corrected chi connectivity index (χ2v) is 8.75. The first kappa shape index (κ1) is 19.7. The molecule has 0 saturated heterocycles. The zero-order chi connectivity index (χ0) is 17.7. The second-order valence-electron chi connectivity index (χ2n) is 7.35. The van der Waals surface area contributed by atoms with Gasteiger partial charge >= 0.3 is 6.09 Å². The summed E-state index contributed by atoms with van der Waals surface area (Å²) in [6.45, 7) is 9.59. The van der Waals surface area contributed by atoms with Crippen molar-refractivity contribution >= 4 is 22.8 Å². The van der Waals surface area contributed by atoms with E-state index in [1.54, 1.807) is 26.2 Å². The van der Waals surface area contributed by atoms with Crippen LogP contribution in [-0.2, 0) is 20.3 Å². The van der Waals surface area contributed by atoms with Crippen LogP contribution in [-0.4, -0.2) is 39.6 Å². The molecule has 0 fully saturated rings. The molecular formula is C16H28N2O4S. The van der Waals surface area contributed by atoms with Crippen molar-refractivity contribution in [3.05, 3.63) is 11.0 Å². The van der Waals surface area contributed by atoms with Gasteiger partial charge in [-0.2, -0.15) is 0 Å². The SMILES string of the molecule is CC(C)(CCNC(=O)OC(C)(C)C)NC(=O)C1=CS(=O)CCC1. The Labute approximate surface area is 140 Å². The van der Waals surface area contributed by atoms with Crippen molar-refractivity contribution in [2.24, 2.45) is 0 Å². The molecule has 0 aromatic carbocycles. The van der Waals surface area contributed by atoms with Crippen LogP contribution in [0, 0.1) is 0 Å². The van der Waals surface area contributed by atoms with Gasteiger partial charge in [-0.25, -0.2) is 4.79 Å². The van der Waals surface area contributed by atoms with Crippen LogP contribution >= 0.6 is 0 Å². The highest BCUT2D eigenvalue weighted by Crippen LogP contribution is 2.16. The van der Waals surface area contributed by atoms with Crippen LogP contribution < -0.4 is 10.6 Å². The summed E-state index contributed by atoms with van der Waals surface area (Å²) in [6.07, 6.45) is 1.52. The van der Waals surface area contributed by atoms with E-state index in [2.05, 4.69) is 10.6 Å². The summed E-state index contributed by atoms with van der Waals surface area (Å²) in [4.78, 5) is 23.8. The fourth-order valence-electron chi connectivity index (χ4n) is 2.09. The smallest absolute Gasteiger partial charge is 0.407 e. The Morgan fingerprint density at radius 2 is 1.91 bits per heavy atom. The predicted octanol–water partition coefficient (Wildman–Crippen LogP) is 2.22. The number of hydrogen-bond donors (Lipinski definition) is 2. The van der Waals surface area contributed by atoms with Crippen molar-refractivity contribution in [3.63, 3.8) is 0 Å². The molecule has 23 heavy (non-hydrogen) atoms. The van der Waals surface area contributed by atoms with Crippen LogP contribution in [0.2, 0.25) is 0 Å². The molecule has 0 aromatic heterocycles. The molecule has 0 radical (unpaired) electrons. The van der Waals surface area contributed by atoms with Gasteiger partial charge in [0.05, 0.1) is 0 Å². The average molecular weight is 344 g/mol. The average Bonchev–Trinajstić information content (AvgIpc) is 2.35. The van der Waals surface area contributed by atoms with E-state index in [9.17, 15) is 13.8 Å². The third kappa shape index (κ3) is 8.16. The number of ether oxygens (including phenoxy) is 1. The molecule has 0 aromatic rings. The van der Waals surface area contributed by atoms with E-state index in [4.69, 9.17) is 4.74 Å². The fourth-order valence-corrected chi connectivity index (χ4v) is 3.18. The number of rotatable bonds is 5. The summed E-state index contributed by atoms with van der Waals surface area (Å²) in [7, 11) is -1.04. The minimum atomic E-state index is -1.04. The highest BCUT2D eigenvalue weighted by atomic mass is 32.2. The van der Waals surface area contributed by atoms with Crippen LogP contribution in [0.15, 0.2) is 11.0 Å². The van der Waals surface area contributed by atoms with Crippen molar-refractivity contribution in [1.82, 2.24) is 10.6 Å². The molecule has 1 rings (SSSR count). The van der Waals surface area contributed by atoms with Crippen molar-refractivity contribution in [3.8, 4) is 0 Å². The molecule has 1 unspecified atom stereocenters. The first-order valence-corrected chi connectivity index (χ1v) is 9.24. The monoisotopic (exact) mass is 344 g/mol. The summed E-state index contributed by atoms with van der Waals surface area (Å²) < 4.78 is 16.7. The summed E-state index contributed by atoms with van der Waals surface area (Å²) >= 11 is 0. The van der Waals surface area contributed by atoms with Gasteiger partial charge in [0.2, 0.25) is 5.91 Å². The lowest BCUT2D eigenvalue weighted by atomic mass is 9.99. The van der Waals surface area contributed by atoms with E-state index in [0.717, 1.165) is 6.42 Å². The van der Waals surface area contributed by atoms with Crippen molar-refractivity contribution in [2.45, 2.75) is 65.0 Å². The molecule has 7 heteroatoms. The molecule has 1 atom stereocenters. The first-order chi connectivity index (χ1) is 10.5. The maximum absolute atomic E-state index is 12.2. The fraction of sp³-hybridized carbons (Fsp3) is 0.750. The minimum Gasteiger partial charge on any atom is -0.444 e. The van der Waals surface area contributed by atoms with Gasteiger partial charge in [-0.05, 0) is 53.9 Å². The molecular weight excluding hydrogens is 316 g/mol. The maximum atomic E-state index is 12.2.